The fourth-order valence-corrected chi connectivity index (χ4v) is 3.59. The quantitative estimate of drug-likeness (QED) is 0.817. The maximum Gasteiger partial charge on any atom is 0.347 e. The van der Waals surface area contributed by atoms with Crippen molar-refractivity contribution >= 4 is 11.9 Å². The second-order valence-corrected chi connectivity index (χ2v) is 7.40. The summed E-state index contributed by atoms with van der Waals surface area (Å²) in [4.78, 5) is 26.1. The SMILES string of the molecule is CC(CC1CCN(C(=O)c2ccc(F)cc2)CC1)(Oc1ccccc1)C(=O)O. The van der Waals surface area contributed by atoms with Crippen molar-refractivity contribution in [2.24, 2.45) is 5.92 Å². The number of hydrogen-bond acceptors (Lipinski definition) is 3. The molecule has 0 saturated carbocycles. The number of piperidine rings is 1. The first kappa shape index (κ1) is 19.9. The molecule has 0 spiro atoms. The third-order valence-electron chi connectivity index (χ3n) is 5.21. The summed E-state index contributed by atoms with van der Waals surface area (Å²) in [6, 6.07) is 14.5. The molecule has 2 aromatic carbocycles. The number of halogens is 1. The molecule has 1 aliphatic rings. The van der Waals surface area contributed by atoms with Gasteiger partial charge in [0.05, 0.1) is 0 Å². The van der Waals surface area contributed by atoms with E-state index in [1.165, 1.54) is 24.3 Å². The van der Waals surface area contributed by atoms with E-state index in [1.807, 2.05) is 6.07 Å². The number of rotatable bonds is 6. The molecule has 28 heavy (non-hydrogen) atoms. The van der Waals surface area contributed by atoms with E-state index in [2.05, 4.69) is 0 Å². The second-order valence-electron chi connectivity index (χ2n) is 7.40. The van der Waals surface area contributed by atoms with Gasteiger partial charge in [-0.15, -0.1) is 0 Å². The van der Waals surface area contributed by atoms with Crippen molar-refractivity contribution in [3.05, 3.63) is 66.0 Å². The largest absolute Gasteiger partial charge is 0.478 e. The number of carbonyl (C=O) groups excluding carboxylic acids is 1. The number of hydrogen-bond donors (Lipinski definition) is 1. The van der Waals surface area contributed by atoms with Gasteiger partial charge in [0, 0.05) is 25.1 Å². The van der Waals surface area contributed by atoms with E-state index in [1.54, 1.807) is 36.1 Å². The summed E-state index contributed by atoms with van der Waals surface area (Å²) in [7, 11) is 0. The molecule has 1 heterocycles. The maximum absolute atomic E-state index is 13.0. The summed E-state index contributed by atoms with van der Waals surface area (Å²) < 4.78 is 18.8. The molecule has 1 atom stereocenters. The highest BCUT2D eigenvalue weighted by Gasteiger charge is 2.39. The van der Waals surface area contributed by atoms with Crippen LogP contribution in [0.3, 0.4) is 0 Å². The molecule has 6 heteroatoms. The number of carboxylic acids is 1. The van der Waals surface area contributed by atoms with Gasteiger partial charge in [0.1, 0.15) is 11.6 Å². The highest BCUT2D eigenvalue weighted by atomic mass is 19.1. The van der Waals surface area contributed by atoms with Crippen molar-refractivity contribution < 1.29 is 23.8 Å². The molecule has 0 bridgehead atoms. The van der Waals surface area contributed by atoms with Gasteiger partial charge in [0.15, 0.2) is 0 Å². The summed E-state index contributed by atoms with van der Waals surface area (Å²) in [5.41, 5.74) is -0.863. The molecule has 0 aromatic heterocycles. The fourth-order valence-electron chi connectivity index (χ4n) is 3.59. The van der Waals surface area contributed by atoms with E-state index < -0.39 is 11.6 Å². The normalized spacial score (nSPS) is 17.0. The van der Waals surface area contributed by atoms with Gasteiger partial charge in [0.2, 0.25) is 5.60 Å². The van der Waals surface area contributed by atoms with E-state index in [9.17, 15) is 19.1 Å². The molecule has 1 saturated heterocycles. The van der Waals surface area contributed by atoms with E-state index in [4.69, 9.17) is 4.74 Å². The van der Waals surface area contributed by atoms with Crippen molar-refractivity contribution in [3.8, 4) is 5.75 Å². The Morgan fingerprint density at radius 2 is 1.71 bits per heavy atom. The number of benzene rings is 2. The van der Waals surface area contributed by atoms with Gasteiger partial charge in [-0.05, 0) is 62.1 Å². The van der Waals surface area contributed by atoms with Crippen molar-refractivity contribution in [2.45, 2.75) is 31.8 Å². The first-order valence-corrected chi connectivity index (χ1v) is 9.40. The summed E-state index contributed by atoms with van der Waals surface area (Å²) in [6.07, 6.45) is 1.78. The molecule has 0 aliphatic carbocycles. The monoisotopic (exact) mass is 385 g/mol. The Hall–Kier alpha value is -2.89. The minimum Gasteiger partial charge on any atom is -0.478 e. The minimum absolute atomic E-state index is 0.125. The lowest BCUT2D eigenvalue weighted by Crippen LogP contribution is -2.46. The van der Waals surface area contributed by atoms with Crippen LogP contribution in [0.15, 0.2) is 54.6 Å². The minimum atomic E-state index is -1.32. The summed E-state index contributed by atoms with van der Waals surface area (Å²) in [5.74, 6) is -0.832. The van der Waals surface area contributed by atoms with Gasteiger partial charge >= 0.3 is 5.97 Å². The number of aliphatic carboxylic acids is 1. The predicted octanol–water partition coefficient (Wildman–Crippen LogP) is 3.99. The third kappa shape index (κ3) is 4.68. The molecule has 1 fully saturated rings. The Balaban J connectivity index is 1.59. The smallest absolute Gasteiger partial charge is 0.347 e. The van der Waals surface area contributed by atoms with Gasteiger partial charge in [-0.1, -0.05) is 18.2 Å². The topological polar surface area (TPSA) is 66.8 Å². The fraction of sp³-hybridized carbons (Fsp3) is 0.364. The number of para-hydroxylation sites is 1. The number of ether oxygens (including phenoxy) is 1. The molecular formula is C22H24FNO4. The Morgan fingerprint density at radius 3 is 2.29 bits per heavy atom. The lowest BCUT2D eigenvalue weighted by atomic mass is 9.85. The summed E-state index contributed by atoms with van der Waals surface area (Å²) in [5, 5.41) is 9.72. The van der Waals surface area contributed by atoms with Crippen LogP contribution in [-0.4, -0.2) is 40.6 Å². The van der Waals surface area contributed by atoms with Crippen LogP contribution < -0.4 is 4.74 Å². The zero-order chi connectivity index (χ0) is 20.1. The van der Waals surface area contributed by atoms with Crippen LogP contribution in [-0.2, 0) is 4.79 Å². The lowest BCUT2D eigenvalue weighted by molar-refractivity contribution is -0.155. The number of likely N-dealkylation sites (tertiary alicyclic amines) is 1. The Kier molecular flexibility index (Phi) is 5.97. The number of nitrogens with zero attached hydrogens (tertiary/aromatic N) is 1. The van der Waals surface area contributed by atoms with Crippen molar-refractivity contribution in [3.63, 3.8) is 0 Å². The first-order chi connectivity index (χ1) is 13.4. The molecule has 0 radical (unpaired) electrons. The zero-order valence-corrected chi connectivity index (χ0v) is 15.8. The second kappa shape index (κ2) is 8.42. The van der Waals surface area contributed by atoms with Crippen LogP contribution in [0, 0.1) is 11.7 Å². The number of carboxylic acid groups (broad SMARTS) is 1. The van der Waals surface area contributed by atoms with Crippen molar-refractivity contribution in [2.75, 3.05) is 13.1 Å². The van der Waals surface area contributed by atoms with Crippen molar-refractivity contribution in [1.29, 1.82) is 0 Å². The molecule has 2 aromatic rings. The average molecular weight is 385 g/mol. The molecule has 3 rings (SSSR count). The third-order valence-corrected chi connectivity index (χ3v) is 5.21. The molecule has 1 amide bonds. The van der Waals surface area contributed by atoms with Gasteiger partial charge in [-0.25, -0.2) is 9.18 Å². The van der Waals surface area contributed by atoms with Gasteiger partial charge in [0.25, 0.3) is 5.91 Å². The standard InChI is InChI=1S/C22H24FNO4/c1-22(21(26)27,28-19-5-3-2-4-6-19)15-16-11-13-24(14-12-16)20(25)17-7-9-18(23)10-8-17/h2-10,16H,11-15H2,1H3,(H,26,27). The number of amides is 1. The highest BCUT2D eigenvalue weighted by molar-refractivity contribution is 5.94. The highest BCUT2D eigenvalue weighted by Crippen LogP contribution is 2.31. The molecule has 1 N–H and O–H groups in total. The van der Waals surface area contributed by atoms with Crippen LogP contribution in [0.4, 0.5) is 4.39 Å². The van der Waals surface area contributed by atoms with E-state index in [0.29, 0.717) is 43.7 Å². The number of carbonyl (C=O) groups is 2. The van der Waals surface area contributed by atoms with Crippen LogP contribution in [0.1, 0.15) is 36.5 Å². The van der Waals surface area contributed by atoms with Crippen LogP contribution in [0.2, 0.25) is 0 Å². The van der Waals surface area contributed by atoms with Gasteiger partial charge < -0.3 is 14.7 Å². The molecule has 5 nitrogen and oxygen atoms in total. The molecule has 1 aliphatic heterocycles. The Bertz CT molecular complexity index is 816. The molecule has 148 valence electrons. The first-order valence-electron chi connectivity index (χ1n) is 9.40. The maximum atomic E-state index is 13.0. The molecular weight excluding hydrogens is 361 g/mol. The lowest BCUT2D eigenvalue weighted by Gasteiger charge is -2.36. The van der Waals surface area contributed by atoms with Crippen LogP contribution in [0.5, 0.6) is 5.75 Å². The Labute approximate surface area is 163 Å². The average Bonchev–Trinajstić information content (AvgIpc) is 2.69. The zero-order valence-electron chi connectivity index (χ0n) is 15.8. The van der Waals surface area contributed by atoms with Crippen LogP contribution >= 0.6 is 0 Å². The molecule has 1 unspecified atom stereocenters. The van der Waals surface area contributed by atoms with E-state index in [0.717, 1.165) is 0 Å². The van der Waals surface area contributed by atoms with E-state index in [-0.39, 0.29) is 17.6 Å². The van der Waals surface area contributed by atoms with Crippen molar-refractivity contribution in [1.82, 2.24) is 4.90 Å². The summed E-state index contributed by atoms with van der Waals surface area (Å²) >= 11 is 0. The van der Waals surface area contributed by atoms with Gasteiger partial charge in [-0.2, -0.15) is 0 Å². The summed E-state index contributed by atoms with van der Waals surface area (Å²) in [6.45, 7) is 2.68. The van der Waals surface area contributed by atoms with Crippen LogP contribution in [0.25, 0.3) is 0 Å². The Morgan fingerprint density at radius 1 is 1.11 bits per heavy atom. The van der Waals surface area contributed by atoms with E-state index >= 15 is 0 Å². The predicted molar refractivity (Wildman–Crippen MR) is 103 cm³/mol. The van der Waals surface area contributed by atoms with Gasteiger partial charge in [-0.3, -0.25) is 4.79 Å².